The smallest absolute Gasteiger partial charge is 0.126 e. The Morgan fingerprint density at radius 3 is 2.58 bits per heavy atom. The molecule has 0 aliphatic heterocycles. The van der Waals surface area contributed by atoms with Crippen molar-refractivity contribution in [3.8, 4) is 0 Å². The van der Waals surface area contributed by atoms with E-state index in [2.05, 4.69) is 31.3 Å². The Morgan fingerprint density at radius 2 is 1.89 bits per heavy atom. The van der Waals surface area contributed by atoms with E-state index in [1.807, 2.05) is 24.3 Å². The van der Waals surface area contributed by atoms with Crippen molar-refractivity contribution in [3.05, 3.63) is 65.0 Å². The molecule has 0 fully saturated rings. The summed E-state index contributed by atoms with van der Waals surface area (Å²) in [5, 5.41) is 3.34. The van der Waals surface area contributed by atoms with Crippen LogP contribution in [0.15, 0.2) is 42.5 Å². The highest BCUT2D eigenvalue weighted by atomic mass is 19.1. The van der Waals surface area contributed by atoms with Crippen LogP contribution >= 0.6 is 0 Å². The third kappa shape index (κ3) is 3.57. The molecule has 0 saturated heterocycles. The molecule has 2 aromatic rings. The molecule has 0 aliphatic rings. The van der Waals surface area contributed by atoms with E-state index in [0.717, 1.165) is 11.3 Å². The first-order valence-electron chi connectivity index (χ1n) is 6.65. The van der Waals surface area contributed by atoms with Crippen molar-refractivity contribution >= 4 is 5.69 Å². The van der Waals surface area contributed by atoms with Gasteiger partial charge in [0.2, 0.25) is 0 Å². The second kappa shape index (κ2) is 5.87. The maximum absolute atomic E-state index is 13.4. The van der Waals surface area contributed by atoms with Crippen molar-refractivity contribution in [2.45, 2.75) is 33.2 Å². The zero-order chi connectivity index (χ0) is 13.8. The second-order valence-electron chi connectivity index (χ2n) is 5.22. The summed E-state index contributed by atoms with van der Waals surface area (Å²) in [4.78, 5) is 0. The topological polar surface area (TPSA) is 12.0 Å². The molecule has 2 aromatic carbocycles. The van der Waals surface area contributed by atoms with Crippen molar-refractivity contribution in [2.75, 3.05) is 5.32 Å². The number of halogens is 1. The van der Waals surface area contributed by atoms with E-state index in [1.54, 1.807) is 13.0 Å². The molecule has 1 nitrogen and oxygen atoms in total. The van der Waals surface area contributed by atoms with Crippen LogP contribution in [0.5, 0.6) is 0 Å². The van der Waals surface area contributed by atoms with Gasteiger partial charge in [0, 0.05) is 12.2 Å². The van der Waals surface area contributed by atoms with Gasteiger partial charge in [-0.3, -0.25) is 0 Å². The third-order valence-corrected chi connectivity index (χ3v) is 3.29. The van der Waals surface area contributed by atoms with Gasteiger partial charge in [0.1, 0.15) is 5.82 Å². The van der Waals surface area contributed by atoms with E-state index in [9.17, 15) is 4.39 Å². The van der Waals surface area contributed by atoms with Crippen LogP contribution in [0.4, 0.5) is 10.1 Å². The van der Waals surface area contributed by atoms with E-state index >= 15 is 0 Å². The molecular weight excluding hydrogens is 237 g/mol. The molecule has 2 heteroatoms. The fourth-order valence-electron chi connectivity index (χ4n) is 1.96. The molecule has 0 atom stereocenters. The van der Waals surface area contributed by atoms with Crippen LogP contribution in [0, 0.1) is 12.7 Å². The summed E-state index contributed by atoms with van der Waals surface area (Å²) in [6, 6.07) is 13.7. The maximum atomic E-state index is 13.4. The van der Waals surface area contributed by atoms with Crippen molar-refractivity contribution < 1.29 is 4.39 Å². The van der Waals surface area contributed by atoms with Crippen molar-refractivity contribution in [1.29, 1.82) is 0 Å². The van der Waals surface area contributed by atoms with Crippen LogP contribution in [0.3, 0.4) is 0 Å². The van der Waals surface area contributed by atoms with E-state index in [1.165, 1.54) is 5.56 Å². The lowest BCUT2D eigenvalue weighted by molar-refractivity contribution is 0.616. The predicted molar refractivity (Wildman–Crippen MR) is 79.0 cm³/mol. The lowest BCUT2D eigenvalue weighted by atomic mass is 10.0. The van der Waals surface area contributed by atoms with Crippen LogP contribution in [0.25, 0.3) is 0 Å². The SMILES string of the molecule is Cc1ccc(CNc2cccc(C(C)C)c2)cc1F. The summed E-state index contributed by atoms with van der Waals surface area (Å²) in [5.74, 6) is 0.369. The minimum Gasteiger partial charge on any atom is -0.381 e. The lowest BCUT2D eigenvalue weighted by Gasteiger charge is -2.11. The summed E-state index contributed by atoms with van der Waals surface area (Å²) in [5.41, 5.74) is 4.02. The van der Waals surface area contributed by atoms with Gasteiger partial charge in [-0.1, -0.05) is 38.1 Å². The molecule has 0 bridgehead atoms. The molecule has 0 saturated carbocycles. The lowest BCUT2D eigenvalue weighted by Crippen LogP contribution is -2.01. The van der Waals surface area contributed by atoms with Crippen LogP contribution in [-0.2, 0) is 6.54 Å². The largest absolute Gasteiger partial charge is 0.381 e. The first kappa shape index (κ1) is 13.6. The van der Waals surface area contributed by atoms with Crippen LogP contribution in [0.1, 0.15) is 36.5 Å². The number of anilines is 1. The number of rotatable bonds is 4. The summed E-state index contributed by atoms with van der Waals surface area (Å²) < 4.78 is 13.4. The maximum Gasteiger partial charge on any atom is 0.126 e. The van der Waals surface area contributed by atoms with Crippen molar-refractivity contribution in [1.82, 2.24) is 0 Å². The van der Waals surface area contributed by atoms with Gasteiger partial charge >= 0.3 is 0 Å². The zero-order valence-corrected chi connectivity index (χ0v) is 11.7. The zero-order valence-electron chi connectivity index (χ0n) is 11.7. The first-order valence-corrected chi connectivity index (χ1v) is 6.65. The minimum atomic E-state index is -0.143. The normalized spacial score (nSPS) is 10.8. The molecule has 0 aromatic heterocycles. The second-order valence-corrected chi connectivity index (χ2v) is 5.22. The molecule has 0 amide bonds. The summed E-state index contributed by atoms with van der Waals surface area (Å²) in [6.07, 6.45) is 0. The van der Waals surface area contributed by atoms with Gasteiger partial charge in [0.25, 0.3) is 0 Å². The highest BCUT2D eigenvalue weighted by Gasteiger charge is 2.02. The van der Waals surface area contributed by atoms with E-state index in [0.29, 0.717) is 18.0 Å². The van der Waals surface area contributed by atoms with E-state index < -0.39 is 0 Å². The van der Waals surface area contributed by atoms with Crippen molar-refractivity contribution in [2.24, 2.45) is 0 Å². The molecule has 1 N–H and O–H groups in total. The summed E-state index contributed by atoms with van der Waals surface area (Å²) >= 11 is 0. The standard InChI is InChI=1S/C17H20FN/c1-12(2)15-5-4-6-16(10-15)19-11-14-8-7-13(3)17(18)9-14/h4-10,12,19H,11H2,1-3H3. The Morgan fingerprint density at radius 1 is 1.11 bits per heavy atom. The summed E-state index contributed by atoms with van der Waals surface area (Å²) in [7, 11) is 0. The van der Waals surface area contributed by atoms with E-state index in [4.69, 9.17) is 0 Å². The molecular formula is C17H20FN. The quantitative estimate of drug-likeness (QED) is 0.824. The molecule has 100 valence electrons. The third-order valence-electron chi connectivity index (χ3n) is 3.29. The first-order chi connectivity index (χ1) is 9.06. The Bertz CT molecular complexity index is 561. The molecule has 0 spiro atoms. The van der Waals surface area contributed by atoms with Crippen molar-refractivity contribution in [3.63, 3.8) is 0 Å². The van der Waals surface area contributed by atoms with Crippen LogP contribution < -0.4 is 5.32 Å². The van der Waals surface area contributed by atoms with Crippen LogP contribution in [-0.4, -0.2) is 0 Å². The van der Waals surface area contributed by atoms with Gasteiger partial charge in [0.15, 0.2) is 0 Å². The highest BCUT2D eigenvalue weighted by molar-refractivity contribution is 5.47. The number of benzene rings is 2. The van der Waals surface area contributed by atoms with Crippen LogP contribution in [0.2, 0.25) is 0 Å². The summed E-state index contributed by atoms with van der Waals surface area (Å²) in [6.45, 7) is 6.76. The van der Waals surface area contributed by atoms with Gasteiger partial charge in [-0.25, -0.2) is 4.39 Å². The number of nitrogens with one attached hydrogen (secondary N) is 1. The fraction of sp³-hybridized carbons (Fsp3) is 0.294. The average molecular weight is 257 g/mol. The molecule has 0 aliphatic carbocycles. The molecule has 19 heavy (non-hydrogen) atoms. The van der Waals surface area contributed by atoms with Gasteiger partial charge in [0.05, 0.1) is 0 Å². The highest BCUT2D eigenvalue weighted by Crippen LogP contribution is 2.19. The predicted octanol–water partition coefficient (Wildman–Crippen LogP) is 4.87. The molecule has 0 unspecified atom stereocenters. The molecule has 0 radical (unpaired) electrons. The minimum absolute atomic E-state index is 0.143. The molecule has 2 rings (SSSR count). The number of hydrogen-bond donors (Lipinski definition) is 1. The Balaban J connectivity index is 2.05. The van der Waals surface area contributed by atoms with Gasteiger partial charge in [-0.15, -0.1) is 0 Å². The Labute approximate surface area is 114 Å². The average Bonchev–Trinajstić information content (AvgIpc) is 2.40. The van der Waals surface area contributed by atoms with Gasteiger partial charge in [-0.05, 0) is 47.7 Å². The Kier molecular flexibility index (Phi) is 4.20. The number of aryl methyl sites for hydroxylation is 1. The molecule has 0 heterocycles. The van der Waals surface area contributed by atoms with Gasteiger partial charge < -0.3 is 5.32 Å². The fourth-order valence-corrected chi connectivity index (χ4v) is 1.96. The Hall–Kier alpha value is -1.83. The number of hydrogen-bond acceptors (Lipinski definition) is 1. The monoisotopic (exact) mass is 257 g/mol. The van der Waals surface area contributed by atoms with Gasteiger partial charge in [-0.2, -0.15) is 0 Å². The van der Waals surface area contributed by atoms with E-state index in [-0.39, 0.29) is 5.82 Å².